The minimum Gasteiger partial charge on any atom is -0.324 e. The standard InChI is InChI=1S/C10H9N5S2/c11-5-8-12-13-10-15(8)14-9(17-10)6-3-1-2-4-7(6)16/h1-4,16H,5,11H2. The van der Waals surface area contributed by atoms with Crippen LogP contribution < -0.4 is 5.73 Å². The molecule has 2 heterocycles. The number of aromatic nitrogens is 4. The van der Waals surface area contributed by atoms with Crippen molar-refractivity contribution < 1.29 is 0 Å². The first-order valence-corrected chi connectivity index (χ1v) is 6.25. The third-order valence-electron chi connectivity index (χ3n) is 2.37. The van der Waals surface area contributed by atoms with E-state index < -0.39 is 0 Å². The molecule has 3 aromatic rings. The van der Waals surface area contributed by atoms with Gasteiger partial charge in [0.05, 0.1) is 6.54 Å². The summed E-state index contributed by atoms with van der Waals surface area (Å²) in [5.74, 6) is 0.666. The zero-order valence-corrected chi connectivity index (χ0v) is 10.4. The number of thiol groups is 1. The zero-order valence-electron chi connectivity index (χ0n) is 8.74. The third-order valence-corrected chi connectivity index (χ3v) is 3.69. The third kappa shape index (κ3) is 1.72. The van der Waals surface area contributed by atoms with Crippen LogP contribution in [0.3, 0.4) is 0 Å². The summed E-state index contributed by atoms with van der Waals surface area (Å²) in [5, 5.41) is 13.3. The van der Waals surface area contributed by atoms with Crippen LogP contribution in [0.1, 0.15) is 5.82 Å². The maximum absolute atomic E-state index is 5.56. The molecule has 3 rings (SSSR count). The summed E-state index contributed by atoms with van der Waals surface area (Å²) in [6.07, 6.45) is 0. The number of rotatable bonds is 2. The number of hydrogen-bond acceptors (Lipinski definition) is 6. The van der Waals surface area contributed by atoms with Gasteiger partial charge in [-0.25, -0.2) is 0 Å². The highest BCUT2D eigenvalue weighted by Crippen LogP contribution is 2.29. The maximum atomic E-state index is 5.56. The topological polar surface area (TPSA) is 69.1 Å². The van der Waals surface area contributed by atoms with Crippen molar-refractivity contribution in [3.63, 3.8) is 0 Å². The molecule has 0 unspecified atom stereocenters. The lowest BCUT2D eigenvalue weighted by atomic mass is 10.2. The Labute approximate surface area is 107 Å². The highest BCUT2D eigenvalue weighted by atomic mass is 32.1. The van der Waals surface area contributed by atoms with Crippen LogP contribution in [0.15, 0.2) is 29.2 Å². The second-order valence-corrected chi connectivity index (χ2v) is 4.88. The van der Waals surface area contributed by atoms with Crippen LogP contribution in [0.5, 0.6) is 0 Å². The Balaban J connectivity index is 2.19. The molecule has 0 saturated heterocycles. The van der Waals surface area contributed by atoms with Crippen LogP contribution in [0.2, 0.25) is 0 Å². The molecule has 0 atom stereocenters. The molecule has 5 nitrogen and oxygen atoms in total. The summed E-state index contributed by atoms with van der Waals surface area (Å²) in [6.45, 7) is 0.326. The highest BCUT2D eigenvalue weighted by molar-refractivity contribution is 7.80. The van der Waals surface area contributed by atoms with Crippen molar-refractivity contribution in [2.24, 2.45) is 5.73 Å². The van der Waals surface area contributed by atoms with Gasteiger partial charge in [-0.15, -0.1) is 22.8 Å². The second kappa shape index (κ2) is 4.10. The number of fused-ring (bicyclic) bond motifs is 1. The SMILES string of the molecule is NCc1nnc2sc(-c3ccccc3S)nn12. The van der Waals surface area contributed by atoms with Crippen LogP contribution in [0.4, 0.5) is 0 Å². The van der Waals surface area contributed by atoms with Gasteiger partial charge in [-0.05, 0) is 6.07 Å². The van der Waals surface area contributed by atoms with Gasteiger partial charge in [0, 0.05) is 10.5 Å². The van der Waals surface area contributed by atoms with E-state index in [0.29, 0.717) is 12.4 Å². The van der Waals surface area contributed by atoms with E-state index in [1.165, 1.54) is 11.3 Å². The fraction of sp³-hybridized carbons (Fsp3) is 0.100. The van der Waals surface area contributed by atoms with E-state index in [1.54, 1.807) is 4.52 Å². The summed E-state index contributed by atoms with van der Waals surface area (Å²) in [6, 6.07) is 7.82. The molecule has 0 bridgehead atoms. The molecule has 2 N–H and O–H groups in total. The Morgan fingerprint density at radius 1 is 1.29 bits per heavy atom. The number of benzene rings is 1. The fourth-order valence-corrected chi connectivity index (χ4v) is 2.79. The van der Waals surface area contributed by atoms with Gasteiger partial charge in [-0.3, -0.25) is 0 Å². The minimum atomic E-state index is 0.326. The number of nitrogens with zero attached hydrogens (tertiary/aromatic N) is 4. The molecule has 0 amide bonds. The van der Waals surface area contributed by atoms with Crippen LogP contribution in [-0.2, 0) is 6.54 Å². The Morgan fingerprint density at radius 3 is 2.88 bits per heavy atom. The molecule has 0 spiro atoms. The van der Waals surface area contributed by atoms with Crippen LogP contribution >= 0.6 is 24.0 Å². The summed E-state index contributed by atoms with van der Waals surface area (Å²) in [7, 11) is 0. The van der Waals surface area contributed by atoms with E-state index in [9.17, 15) is 0 Å². The first-order chi connectivity index (χ1) is 8.29. The normalized spacial score (nSPS) is 11.2. The van der Waals surface area contributed by atoms with Crippen LogP contribution in [0, 0.1) is 0 Å². The lowest BCUT2D eigenvalue weighted by Gasteiger charge is -1.98. The quantitative estimate of drug-likeness (QED) is 0.689. The minimum absolute atomic E-state index is 0.326. The molecule has 0 radical (unpaired) electrons. The summed E-state index contributed by atoms with van der Waals surface area (Å²) in [5.41, 5.74) is 6.56. The van der Waals surface area contributed by atoms with Crippen LogP contribution in [0.25, 0.3) is 15.5 Å². The molecule has 86 valence electrons. The second-order valence-electron chi connectivity index (χ2n) is 3.44. The Bertz CT molecular complexity index is 672. The van der Waals surface area contributed by atoms with Gasteiger partial charge in [-0.2, -0.15) is 9.61 Å². The van der Waals surface area contributed by atoms with Crippen LogP contribution in [-0.4, -0.2) is 19.8 Å². The molecular formula is C10H9N5S2. The van der Waals surface area contributed by atoms with Gasteiger partial charge in [0.15, 0.2) is 5.82 Å². The molecule has 0 fully saturated rings. The van der Waals surface area contributed by atoms with Gasteiger partial charge in [0.1, 0.15) is 5.01 Å². The molecule has 0 aliphatic carbocycles. The van der Waals surface area contributed by atoms with E-state index >= 15 is 0 Å². The first kappa shape index (κ1) is 10.7. The molecular weight excluding hydrogens is 254 g/mol. The van der Waals surface area contributed by atoms with E-state index in [-0.39, 0.29) is 0 Å². The predicted molar refractivity (Wildman–Crippen MR) is 69.2 cm³/mol. The lowest BCUT2D eigenvalue weighted by molar-refractivity contribution is 0.820. The predicted octanol–water partition coefficient (Wildman–Crippen LogP) is 1.60. The maximum Gasteiger partial charge on any atom is 0.235 e. The molecule has 1 aromatic carbocycles. The van der Waals surface area contributed by atoms with Crippen molar-refractivity contribution in [2.45, 2.75) is 11.4 Å². The van der Waals surface area contributed by atoms with Gasteiger partial charge in [-0.1, -0.05) is 29.5 Å². The first-order valence-electron chi connectivity index (χ1n) is 4.99. The van der Waals surface area contributed by atoms with Crippen molar-refractivity contribution in [2.75, 3.05) is 0 Å². The summed E-state index contributed by atoms with van der Waals surface area (Å²) < 4.78 is 1.68. The summed E-state index contributed by atoms with van der Waals surface area (Å²) >= 11 is 5.89. The molecule has 0 saturated carbocycles. The monoisotopic (exact) mass is 263 g/mol. The Hall–Kier alpha value is -1.44. The van der Waals surface area contributed by atoms with E-state index in [4.69, 9.17) is 5.73 Å². The highest BCUT2D eigenvalue weighted by Gasteiger charge is 2.12. The average Bonchev–Trinajstić information content (AvgIpc) is 2.88. The van der Waals surface area contributed by atoms with Gasteiger partial charge >= 0.3 is 0 Å². The Kier molecular flexibility index (Phi) is 2.58. The van der Waals surface area contributed by atoms with Crippen molar-refractivity contribution in [1.82, 2.24) is 19.8 Å². The fourth-order valence-electron chi connectivity index (χ4n) is 1.55. The molecule has 2 aromatic heterocycles. The van der Waals surface area contributed by atoms with E-state index in [2.05, 4.69) is 27.9 Å². The van der Waals surface area contributed by atoms with Gasteiger partial charge in [0.25, 0.3) is 0 Å². The largest absolute Gasteiger partial charge is 0.324 e. The van der Waals surface area contributed by atoms with E-state index in [1.807, 2.05) is 24.3 Å². The molecule has 0 aliphatic heterocycles. The zero-order chi connectivity index (χ0) is 11.8. The summed E-state index contributed by atoms with van der Waals surface area (Å²) in [4.78, 5) is 1.64. The van der Waals surface area contributed by atoms with Crippen molar-refractivity contribution >= 4 is 28.9 Å². The number of hydrogen-bond donors (Lipinski definition) is 2. The smallest absolute Gasteiger partial charge is 0.235 e. The van der Waals surface area contributed by atoms with Crippen molar-refractivity contribution in [3.8, 4) is 10.6 Å². The Morgan fingerprint density at radius 2 is 2.12 bits per heavy atom. The van der Waals surface area contributed by atoms with Gasteiger partial charge < -0.3 is 5.73 Å². The van der Waals surface area contributed by atoms with Crippen molar-refractivity contribution in [3.05, 3.63) is 30.1 Å². The van der Waals surface area contributed by atoms with Crippen molar-refractivity contribution in [1.29, 1.82) is 0 Å². The average molecular weight is 263 g/mol. The molecule has 17 heavy (non-hydrogen) atoms. The van der Waals surface area contributed by atoms with Gasteiger partial charge in [0.2, 0.25) is 4.96 Å². The lowest BCUT2D eigenvalue weighted by Crippen LogP contribution is -2.03. The molecule has 7 heteroatoms. The molecule has 0 aliphatic rings. The number of nitrogens with two attached hydrogens (primary N) is 1. The van der Waals surface area contributed by atoms with E-state index in [0.717, 1.165) is 20.4 Å².